The summed E-state index contributed by atoms with van der Waals surface area (Å²) in [7, 11) is 4.36. The molecule has 0 aliphatic carbocycles. The lowest BCUT2D eigenvalue weighted by Gasteiger charge is -2.30. The summed E-state index contributed by atoms with van der Waals surface area (Å²) in [5, 5.41) is 13.4. The fraction of sp³-hybridized carbons (Fsp3) is 0.281. The van der Waals surface area contributed by atoms with E-state index in [1.165, 1.54) is 37.0 Å². The Labute approximate surface area is 257 Å². The molecule has 4 aromatic rings. The minimum absolute atomic E-state index is 0.155. The maximum Gasteiger partial charge on any atom is 0.274 e. The Hall–Kier alpha value is -4.97. The predicted octanol–water partition coefficient (Wildman–Crippen LogP) is 4.19. The van der Waals surface area contributed by atoms with Crippen LogP contribution in [0.1, 0.15) is 37.9 Å². The number of rotatable bonds is 9. The molecule has 12 heteroatoms. The van der Waals surface area contributed by atoms with Crippen LogP contribution in [0.4, 0.5) is 5.69 Å². The summed E-state index contributed by atoms with van der Waals surface area (Å²) in [5.41, 5.74) is 1.18. The number of hydrogen-bond acceptors (Lipinski definition) is 9. The van der Waals surface area contributed by atoms with Crippen molar-refractivity contribution in [2.24, 2.45) is 4.99 Å². The number of methoxy groups -OCH3 is 3. The lowest BCUT2D eigenvalue weighted by molar-refractivity contribution is -0.385. The van der Waals surface area contributed by atoms with Gasteiger partial charge >= 0.3 is 0 Å². The summed E-state index contributed by atoms with van der Waals surface area (Å²) in [4.78, 5) is 46.5. The van der Waals surface area contributed by atoms with Crippen LogP contribution in [0.5, 0.6) is 17.2 Å². The van der Waals surface area contributed by atoms with Gasteiger partial charge in [-0.25, -0.2) is 4.99 Å². The number of carbonyl (C=O) groups is 1. The quantitative estimate of drug-likeness (QED) is 0.204. The Kier molecular flexibility index (Phi) is 8.54. The normalized spacial score (nSPS) is 14.7. The van der Waals surface area contributed by atoms with E-state index in [1.807, 2.05) is 50.2 Å². The highest BCUT2D eigenvalue weighted by molar-refractivity contribution is 7.07. The van der Waals surface area contributed by atoms with Crippen LogP contribution in [-0.4, -0.2) is 54.7 Å². The molecule has 3 aromatic carbocycles. The van der Waals surface area contributed by atoms with Gasteiger partial charge in [-0.15, -0.1) is 0 Å². The van der Waals surface area contributed by atoms with Crippen molar-refractivity contribution < 1.29 is 23.9 Å². The van der Waals surface area contributed by atoms with Gasteiger partial charge in [-0.2, -0.15) is 0 Å². The first-order valence-electron chi connectivity index (χ1n) is 14.0. The minimum Gasteiger partial charge on any atom is -0.496 e. The van der Waals surface area contributed by atoms with Crippen molar-refractivity contribution in [3.05, 3.63) is 101 Å². The molecule has 0 N–H and O–H groups in total. The molecule has 1 amide bonds. The Bertz CT molecular complexity index is 2010. The van der Waals surface area contributed by atoms with Crippen molar-refractivity contribution in [1.82, 2.24) is 9.47 Å². The number of ether oxygens (including phenoxy) is 3. The van der Waals surface area contributed by atoms with E-state index in [4.69, 9.17) is 19.2 Å². The Morgan fingerprint density at radius 2 is 1.77 bits per heavy atom. The number of hydrogen-bond donors (Lipinski definition) is 0. The number of fused-ring (bicyclic) bond motifs is 2. The van der Waals surface area contributed by atoms with Crippen molar-refractivity contribution in [3.63, 3.8) is 0 Å². The molecule has 1 atom stereocenters. The maximum atomic E-state index is 14.4. The predicted molar refractivity (Wildman–Crippen MR) is 168 cm³/mol. The lowest BCUT2D eigenvalue weighted by Crippen LogP contribution is -2.43. The smallest absolute Gasteiger partial charge is 0.274 e. The molecular weight excluding hydrogens is 584 g/mol. The number of nitro benzene ring substituents is 1. The average molecular weight is 617 g/mol. The van der Waals surface area contributed by atoms with Gasteiger partial charge in [-0.1, -0.05) is 41.7 Å². The number of likely N-dealkylation sites (N-methyl/N-ethyl adjacent to an activating group) is 1. The zero-order valence-electron chi connectivity index (χ0n) is 25.2. The second-order valence-electron chi connectivity index (χ2n) is 9.99. The van der Waals surface area contributed by atoms with E-state index in [0.29, 0.717) is 46.0 Å². The van der Waals surface area contributed by atoms with Gasteiger partial charge < -0.3 is 19.1 Å². The molecule has 0 fully saturated rings. The summed E-state index contributed by atoms with van der Waals surface area (Å²) in [6.45, 7) is 6.53. The second kappa shape index (κ2) is 12.3. The first-order chi connectivity index (χ1) is 21.2. The van der Waals surface area contributed by atoms with Crippen LogP contribution in [0.2, 0.25) is 0 Å². The largest absolute Gasteiger partial charge is 0.496 e. The molecule has 1 aliphatic heterocycles. The number of aromatic nitrogens is 1. The van der Waals surface area contributed by atoms with E-state index < -0.39 is 16.5 Å². The number of nitrogens with zero attached hydrogens (tertiary/aromatic N) is 4. The third-order valence-electron chi connectivity index (χ3n) is 7.72. The molecule has 0 radical (unpaired) electrons. The molecule has 0 saturated heterocycles. The number of amides is 1. The average Bonchev–Trinajstić information content (AvgIpc) is 3.33. The van der Waals surface area contributed by atoms with Crippen LogP contribution in [0, 0.1) is 10.1 Å². The first kappa shape index (κ1) is 30.5. The van der Waals surface area contributed by atoms with Gasteiger partial charge in [0.25, 0.3) is 17.2 Å². The SMILES string of the molecule is CCN(CC)C(=O)C1=C(C)N=c2s/c(=C\c3cc([N+](=O)[O-])cc(OC)c3OC)c(=O)n2[C@H]1c1c(OC)ccc2ccccc12. The molecule has 11 nitrogen and oxygen atoms in total. The number of thiazole rings is 1. The van der Waals surface area contributed by atoms with E-state index in [2.05, 4.69) is 0 Å². The van der Waals surface area contributed by atoms with Gasteiger partial charge in [-0.3, -0.25) is 24.3 Å². The van der Waals surface area contributed by atoms with Gasteiger partial charge in [0.05, 0.1) is 48.1 Å². The van der Waals surface area contributed by atoms with Crippen molar-refractivity contribution in [3.8, 4) is 17.2 Å². The molecule has 44 heavy (non-hydrogen) atoms. The molecule has 0 saturated carbocycles. The van der Waals surface area contributed by atoms with Crippen LogP contribution >= 0.6 is 11.3 Å². The van der Waals surface area contributed by atoms with Crippen LogP contribution in [-0.2, 0) is 4.79 Å². The number of allylic oxidation sites excluding steroid dienone is 1. The summed E-state index contributed by atoms with van der Waals surface area (Å²) in [5.74, 6) is 0.690. The summed E-state index contributed by atoms with van der Waals surface area (Å²) in [6.07, 6.45) is 1.53. The molecule has 228 valence electrons. The highest BCUT2D eigenvalue weighted by Gasteiger charge is 2.36. The van der Waals surface area contributed by atoms with Crippen molar-refractivity contribution in [1.29, 1.82) is 0 Å². The highest BCUT2D eigenvalue weighted by Crippen LogP contribution is 2.41. The van der Waals surface area contributed by atoms with E-state index in [-0.39, 0.29) is 27.6 Å². The van der Waals surface area contributed by atoms with Gasteiger partial charge in [0.1, 0.15) is 11.8 Å². The number of nitro groups is 1. The van der Waals surface area contributed by atoms with Crippen LogP contribution < -0.4 is 29.1 Å². The van der Waals surface area contributed by atoms with Crippen LogP contribution in [0.15, 0.2) is 69.6 Å². The minimum atomic E-state index is -0.857. The van der Waals surface area contributed by atoms with Crippen molar-refractivity contribution in [2.45, 2.75) is 26.8 Å². The fourth-order valence-electron chi connectivity index (χ4n) is 5.62. The topological polar surface area (TPSA) is 126 Å². The fourth-order valence-corrected chi connectivity index (χ4v) is 6.66. The van der Waals surface area contributed by atoms with Crippen LogP contribution in [0.3, 0.4) is 0 Å². The third kappa shape index (κ3) is 5.11. The van der Waals surface area contributed by atoms with E-state index in [0.717, 1.165) is 22.1 Å². The molecular formula is C32H32N4O7S. The summed E-state index contributed by atoms with van der Waals surface area (Å²) < 4.78 is 18.5. The van der Waals surface area contributed by atoms with Crippen LogP contribution in [0.25, 0.3) is 16.8 Å². The third-order valence-corrected chi connectivity index (χ3v) is 8.70. The molecule has 1 aliphatic rings. The second-order valence-corrected chi connectivity index (χ2v) is 11.0. The van der Waals surface area contributed by atoms with Gasteiger partial charge in [0.2, 0.25) is 0 Å². The number of carbonyl (C=O) groups excluding carboxylic acids is 1. The standard InChI is InChI=1S/C32H32N4O7S/c1-7-34(8-2)31(38)26-18(3)33-32-35(28(26)27-22-12-10-9-11-19(22)13-14-23(27)41-4)30(37)25(44-32)16-20-15-21(36(39)40)17-24(42-5)29(20)43-6/h9-17,28H,7-8H2,1-6H3/b25-16-/t28-/m1/s1. The summed E-state index contributed by atoms with van der Waals surface area (Å²) in [6, 6.07) is 13.2. The molecule has 0 spiro atoms. The van der Waals surface area contributed by atoms with Gasteiger partial charge in [0, 0.05) is 30.3 Å². The first-order valence-corrected chi connectivity index (χ1v) is 14.8. The van der Waals surface area contributed by atoms with Crippen molar-refractivity contribution >= 4 is 39.8 Å². The van der Waals surface area contributed by atoms with E-state index in [1.54, 1.807) is 18.9 Å². The van der Waals surface area contributed by atoms with E-state index >= 15 is 0 Å². The Morgan fingerprint density at radius 1 is 1.07 bits per heavy atom. The molecule has 2 heterocycles. The monoisotopic (exact) mass is 616 g/mol. The number of non-ortho nitro benzene ring substituents is 1. The summed E-state index contributed by atoms with van der Waals surface area (Å²) >= 11 is 1.12. The highest BCUT2D eigenvalue weighted by atomic mass is 32.1. The zero-order valence-corrected chi connectivity index (χ0v) is 26.1. The Morgan fingerprint density at radius 3 is 2.41 bits per heavy atom. The van der Waals surface area contributed by atoms with Gasteiger partial charge in [0.15, 0.2) is 16.3 Å². The molecule has 0 bridgehead atoms. The zero-order chi connectivity index (χ0) is 31.7. The number of benzene rings is 3. The van der Waals surface area contributed by atoms with E-state index in [9.17, 15) is 19.7 Å². The molecule has 1 aromatic heterocycles. The van der Waals surface area contributed by atoms with Crippen molar-refractivity contribution in [2.75, 3.05) is 34.4 Å². The maximum absolute atomic E-state index is 14.4. The van der Waals surface area contributed by atoms with Gasteiger partial charge in [-0.05, 0) is 43.7 Å². The lowest BCUT2D eigenvalue weighted by atomic mass is 9.90. The molecule has 0 unspecified atom stereocenters. The Balaban J connectivity index is 1.87. The molecule has 5 rings (SSSR count).